The summed E-state index contributed by atoms with van der Waals surface area (Å²) >= 11 is 12.3. The summed E-state index contributed by atoms with van der Waals surface area (Å²) in [6.07, 6.45) is 1.53. The molecule has 5 rings (SSSR count). The average molecular weight is 562 g/mol. The van der Waals surface area contributed by atoms with E-state index >= 15 is 0 Å². The van der Waals surface area contributed by atoms with Crippen LogP contribution in [0.15, 0.2) is 85.1 Å². The fourth-order valence-corrected chi connectivity index (χ4v) is 4.23. The molecule has 3 aromatic carbocycles. The number of amides is 1. The molecule has 11 heteroatoms. The number of hydrogen-bond donors (Lipinski definition) is 2. The minimum Gasteiger partial charge on any atom is -0.505 e. The first-order valence-electron chi connectivity index (χ1n) is 11.7. The van der Waals surface area contributed by atoms with Crippen molar-refractivity contribution >= 4 is 29.1 Å². The minimum atomic E-state index is -0.467. The third-order valence-electron chi connectivity index (χ3n) is 5.68. The van der Waals surface area contributed by atoms with Crippen LogP contribution in [0.5, 0.6) is 23.1 Å². The number of rotatable bonds is 8. The van der Waals surface area contributed by atoms with E-state index in [1.165, 1.54) is 30.0 Å². The predicted molar refractivity (Wildman–Crippen MR) is 147 cm³/mol. The number of pyridine rings is 1. The normalized spacial score (nSPS) is 10.7. The Kier molecular flexibility index (Phi) is 7.62. The molecule has 0 fully saturated rings. The van der Waals surface area contributed by atoms with E-state index in [4.69, 9.17) is 32.7 Å². The van der Waals surface area contributed by atoms with Gasteiger partial charge in [0, 0.05) is 18.2 Å². The Labute approximate surface area is 233 Å². The van der Waals surface area contributed by atoms with Gasteiger partial charge in [-0.25, -0.2) is 4.98 Å². The number of carbonyl (C=O) groups excluding carboxylic acids is 1. The number of hydrogen-bond acceptors (Lipinski definition) is 7. The van der Waals surface area contributed by atoms with Crippen molar-refractivity contribution in [2.24, 2.45) is 0 Å². The summed E-state index contributed by atoms with van der Waals surface area (Å²) in [5, 5.41) is 21.3. The highest BCUT2D eigenvalue weighted by Gasteiger charge is 2.23. The molecule has 9 nitrogen and oxygen atoms in total. The third-order valence-corrected chi connectivity index (χ3v) is 6.26. The fourth-order valence-electron chi connectivity index (χ4n) is 3.74. The highest BCUT2D eigenvalue weighted by Crippen LogP contribution is 2.36. The molecule has 0 bridgehead atoms. The van der Waals surface area contributed by atoms with E-state index in [0.29, 0.717) is 22.9 Å². The number of benzene rings is 3. The van der Waals surface area contributed by atoms with Crippen LogP contribution in [0.4, 0.5) is 0 Å². The summed E-state index contributed by atoms with van der Waals surface area (Å²) in [5.74, 6) is 1.38. The van der Waals surface area contributed by atoms with Crippen molar-refractivity contribution in [1.29, 1.82) is 0 Å². The van der Waals surface area contributed by atoms with Crippen LogP contribution in [0.1, 0.15) is 16.2 Å². The lowest BCUT2D eigenvalue weighted by atomic mass is 10.2. The number of halogens is 2. The van der Waals surface area contributed by atoms with E-state index in [-0.39, 0.29) is 34.0 Å². The van der Waals surface area contributed by atoms with Crippen molar-refractivity contribution in [2.75, 3.05) is 7.11 Å². The summed E-state index contributed by atoms with van der Waals surface area (Å²) in [5.41, 5.74) is 1.81. The van der Waals surface area contributed by atoms with Crippen molar-refractivity contribution < 1.29 is 19.4 Å². The first kappa shape index (κ1) is 26.0. The monoisotopic (exact) mass is 561 g/mol. The van der Waals surface area contributed by atoms with E-state index in [0.717, 1.165) is 11.3 Å². The van der Waals surface area contributed by atoms with Crippen LogP contribution in [0.2, 0.25) is 10.0 Å². The largest absolute Gasteiger partial charge is 0.505 e. The molecule has 0 unspecified atom stereocenters. The minimum absolute atomic E-state index is 0.0151. The Morgan fingerprint density at radius 3 is 2.28 bits per heavy atom. The Balaban J connectivity index is 1.40. The van der Waals surface area contributed by atoms with Crippen molar-refractivity contribution in [3.8, 4) is 40.2 Å². The molecule has 0 saturated carbocycles. The van der Waals surface area contributed by atoms with Gasteiger partial charge in [-0.15, -0.1) is 10.2 Å². The zero-order valence-electron chi connectivity index (χ0n) is 20.5. The van der Waals surface area contributed by atoms with Gasteiger partial charge in [-0.3, -0.25) is 9.36 Å². The molecule has 2 N–H and O–H groups in total. The van der Waals surface area contributed by atoms with Crippen molar-refractivity contribution in [2.45, 2.75) is 6.54 Å². The summed E-state index contributed by atoms with van der Waals surface area (Å²) in [4.78, 5) is 17.5. The standard InChI is InChI=1S/C28H21Cl2N5O4/c1-38-24-12-9-19(16-31-24)35-26(18-13-22(29)25(36)23(30)14-18)33-34-27(35)28(37)32-15-17-7-10-21(11-8-17)39-20-5-3-2-4-6-20/h2-14,16,36H,15H2,1H3,(H,32,37). The number of aromatic hydroxyl groups is 1. The topological polar surface area (TPSA) is 111 Å². The van der Waals surface area contributed by atoms with Gasteiger partial charge in [-0.1, -0.05) is 53.5 Å². The van der Waals surface area contributed by atoms with Gasteiger partial charge in [-0.05, 0) is 48.0 Å². The van der Waals surface area contributed by atoms with Gasteiger partial charge in [0.2, 0.25) is 11.7 Å². The zero-order chi connectivity index (χ0) is 27.4. The quantitative estimate of drug-likeness (QED) is 0.236. The first-order valence-corrected chi connectivity index (χ1v) is 12.4. The molecule has 0 saturated heterocycles. The molecule has 0 aliphatic heterocycles. The van der Waals surface area contributed by atoms with Gasteiger partial charge in [-0.2, -0.15) is 0 Å². The molecule has 196 valence electrons. The fraction of sp³-hybridized carbons (Fsp3) is 0.0714. The van der Waals surface area contributed by atoms with Gasteiger partial charge in [0.05, 0.1) is 29.0 Å². The second-order valence-corrected chi connectivity index (χ2v) is 9.09. The maximum Gasteiger partial charge on any atom is 0.289 e. The molecule has 0 aliphatic carbocycles. The Morgan fingerprint density at radius 2 is 1.64 bits per heavy atom. The van der Waals surface area contributed by atoms with E-state index in [9.17, 15) is 9.90 Å². The van der Waals surface area contributed by atoms with E-state index in [1.807, 2.05) is 54.6 Å². The Bertz CT molecular complexity index is 1590. The van der Waals surface area contributed by atoms with E-state index < -0.39 is 5.91 Å². The van der Waals surface area contributed by atoms with Gasteiger partial charge < -0.3 is 19.9 Å². The van der Waals surface area contributed by atoms with Crippen LogP contribution >= 0.6 is 23.2 Å². The highest BCUT2D eigenvalue weighted by molar-refractivity contribution is 6.37. The second-order valence-electron chi connectivity index (χ2n) is 8.27. The number of nitrogens with one attached hydrogen (secondary N) is 1. The van der Waals surface area contributed by atoms with Crippen LogP contribution in [0, 0.1) is 0 Å². The molecule has 2 heterocycles. The van der Waals surface area contributed by atoms with Gasteiger partial charge in [0.15, 0.2) is 11.6 Å². The van der Waals surface area contributed by atoms with Gasteiger partial charge in [0.25, 0.3) is 5.91 Å². The van der Waals surface area contributed by atoms with Crippen LogP contribution < -0.4 is 14.8 Å². The lowest BCUT2D eigenvalue weighted by Gasteiger charge is -2.12. The number of carbonyl (C=O) groups is 1. The van der Waals surface area contributed by atoms with Crippen LogP contribution in [-0.4, -0.2) is 37.9 Å². The molecule has 0 atom stereocenters. The van der Waals surface area contributed by atoms with Crippen LogP contribution in [0.3, 0.4) is 0 Å². The van der Waals surface area contributed by atoms with Gasteiger partial charge in [0.1, 0.15) is 11.5 Å². The van der Waals surface area contributed by atoms with Crippen molar-refractivity contribution in [3.05, 3.63) is 106 Å². The molecular formula is C28H21Cl2N5O4. The number of aromatic nitrogens is 4. The molecule has 2 aromatic heterocycles. The maximum atomic E-state index is 13.3. The lowest BCUT2D eigenvalue weighted by Crippen LogP contribution is -2.26. The number of nitrogens with zero attached hydrogens (tertiary/aromatic N) is 4. The smallest absolute Gasteiger partial charge is 0.289 e. The molecule has 0 radical (unpaired) electrons. The molecule has 39 heavy (non-hydrogen) atoms. The average Bonchev–Trinajstić information content (AvgIpc) is 3.41. The zero-order valence-corrected chi connectivity index (χ0v) is 22.0. The molecule has 1 amide bonds. The van der Waals surface area contributed by atoms with E-state index in [2.05, 4.69) is 20.5 Å². The van der Waals surface area contributed by atoms with Crippen molar-refractivity contribution in [1.82, 2.24) is 25.1 Å². The number of phenolic OH excluding ortho intramolecular Hbond substituents is 1. The summed E-state index contributed by atoms with van der Waals surface area (Å²) in [6, 6.07) is 23.2. The SMILES string of the molecule is COc1ccc(-n2c(C(=O)NCc3ccc(Oc4ccccc4)cc3)nnc2-c2cc(Cl)c(O)c(Cl)c2)cn1. The number of methoxy groups -OCH3 is 1. The first-order chi connectivity index (χ1) is 18.9. The summed E-state index contributed by atoms with van der Waals surface area (Å²) < 4.78 is 12.5. The van der Waals surface area contributed by atoms with Crippen LogP contribution in [0.25, 0.3) is 17.1 Å². The molecule has 0 spiro atoms. The van der Waals surface area contributed by atoms with E-state index in [1.54, 1.807) is 12.1 Å². The van der Waals surface area contributed by atoms with Crippen molar-refractivity contribution in [3.63, 3.8) is 0 Å². The third kappa shape index (κ3) is 5.79. The Morgan fingerprint density at radius 1 is 0.949 bits per heavy atom. The molecular weight excluding hydrogens is 541 g/mol. The predicted octanol–water partition coefficient (Wildman–Crippen LogP) is 6.07. The number of phenols is 1. The number of ether oxygens (including phenoxy) is 2. The lowest BCUT2D eigenvalue weighted by molar-refractivity contribution is 0.0938. The van der Waals surface area contributed by atoms with Gasteiger partial charge >= 0.3 is 0 Å². The second kappa shape index (κ2) is 11.4. The summed E-state index contributed by atoms with van der Waals surface area (Å²) in [6.45, 7) is 0.240. The Hall–Kier alpha value is -4.60. The summed E-state index contributed by atoms with van der Waals surface area (Å²) in [7, 11) is 1.51. The van der Waals surface area contributed by atoms with Crippen LogP contribution in [-0.2, 0) is 6.54 Å². The maximum absolute atomic E-state index is 13.3. The molecule has 5 aromatic rings. The highest BCUT2D eigenvalue weighted by atomic mass is 35.5. The number of para-hydroxylation sites is 1. The molecule has 0 aliphatic rings.